The molecule has 34 heavy (non-hydrogen) atoms. The maximum absolute atomic E-state index is 13.2. The smallest absolute Gasteiger partial charge is 0.266 e. The number of amidine groups is 1. The minimum absolute atomic E-state index is 0.0227. The molecule has 1 amide bonds. The first-order valence-electron chi connectivity index (χ1n) is 10.9. The second-order valence-corrected chi connectivity index (χ2v) is 11.0. The average Bonchev–Trinajstić information content (AvgIpc) is 3.09. The molecule has 7 heteroatoms. The van der Waals surface area contributed by atoms with E-state index in [9.17, 15) is 4.79 Å². The first kappa shape index (κ1) is 24.8. The Morgan fingerprint density at radius 1 is 1.03 bits per heavy atom. The largest absolute Gasteiger partial charge is 0.489 e. The Hall–Kier alpha value is -2.29. The van der Waals surface area contributed by atoms with Crippen molar-refractivity contribution < 1.29 is 9.53 Å². The predicted molar refractivity (Wildman–Crippen MR) is 151 cm³/mol. The number of hydrogen-bond acceptors (Lipinski definition) is 4. The highest BCUT2D eigenvalue weighted by Crippen LogP contribution is 2.35. The molecule has 174 valence electrons. The van der Waals surface area contributed by atoms with Gasteiger partial charge in [-0.2, -0.15) is 0 Å². The molecule has 0 spiro atoms. The van der Waals surface area contributed by atoms with Crippen molar-refractivity contribution in [2.45, 2.75) is 20.5 Å². The summed E-state index contributed by atoms with van der Waals surface area (Å²) in [4.78, 5) is 20.3. The number of carbonyl (C=O) groups is 1. The fourth-order valence-corrected chi connectivity index (χ4v) is 4.80. The lowest BCUT2D eigenvalue weighted by Gasteiger charge is -2.17. The van der Waals surface area contributed by atoms with Gasteiger partial charge in [-0.15, -0.1) is 0 Å². The molecular formula is C27H24ClIN2O2S. The van der Waals surface area contributed by atoms with Crippen LogP contribution in [0, 0.1) is 9.49 Å². The molecule has 1 aliphatic rings. The first-order chi connectivity index (χ1) is 16.4. The lowest BCUT2D eigenvalue weighted by Crippen LogP contribution is -2.32. The molecule has 0 saturated carbocycles. The monoisotopic (exact) mass is 602 g/mol. The number of amides is 1. The van der Waals surface area contributed by atoms with Gasteiger partial charge in [0.25, 0.3) is 5.91 Å². The van der Waals surface area contributed by atoms with E-state index >= 15 is 0 Å². The number of carbonyl (C=O) groups excluding carboxylic acids is 1. The summed E-state index contributed by atoms with van der Waals surface area (Å²) in [5.41, 5.74) is 2.83. The van der Waals surface area contributed by atoms with Crippen LogP contribution in [0.1, 0.15) is 25.0 Å². The summed E-state index contributed by atoms with van der Waals surface area (Å²) < 4.78 is 7.10. The van der Waals surface area contributed by atoms with Gasteiger partial charge in [0.1, 0.15) is 12.4 Å². The van der Waals surface area contributed by atoms with E-state index in [1.54, 1.807) is 17.0 Å². The lowest BCUT2D eigenvalue weighted by atomic mass is 10.2. The van der Waals surface area contributed by atoms with E-state index in [4.69, 9.17) is 21.3 Å². The van der Waals surface area contributed by atoms with Crippen LogP contribution < -0.4 is 4.74 Å². The normalized spacial score (nSPS) is 16.1. The third kappa shape index (κ3) is 6.64. The van der Waals surface area contributed by atoms with E-state index in [1.807, 2.05) is 42.5 Å². The second kappa shape index (κ2) is 11.4. The van der Waals surface area contributed by atoms with E-state index in [-0.39, 0.29) is 5.91 Å². The van der Waals surface area contributed by atoms with Crippen LogP contribution in [0.25, 0.3) is 6.08 Å². The molecule has 1 saturated heterocycles. The van der Waals surface area contributed by atoms with Crippen LogP contribution >= 0.6 is 46.0 Å². The van der Waals surface area contributed by atoms with E-state index in [1.165, 1.54) is 15.3 Å². The second-order valence-electron chi connectivity index (χ2n) is 8.28. The molecule has 3 aromatic carbocycles. The van der Waals surface area contributed by atoms with Crippen molar-refractivity contribution >= 4 is 68.8 Å². The topological polar surface area (TPSA) is 41.9 Å². The summed E-state index contributed by atoms with van der Waals surface area (Å²) in [7, 11) is 0. The molecule has 4 nitrogen and oxygen atoms in total. The van der Waals surface area contributed by atoms with E-state index in [0.717, 1.165) is 22.6 Å². The SMILES string of the molecule is CC(C)CN1C(=O)/C(=C/c2ccc(OCc3ccc(I)cc3)cc2)SC1=Nc1ccc(Cl)cc1. The molecule has 0 aromatic heterocycles. The highest BCUT2D eigenvalue weighted by molar-refractivity contribution is 14.1. The molecule has 1 aliphatic heterocycles. The van der Waals surface area contributed by atoms with Gasteiger partial charge in [-0.05, 0) is 106 Å². The number of benzene rings is 3. The van der Waals surface area contributed by atoms with Gasteiger partial charge in [-0.1, -0.05) is 49.7 Å². The number of hydrogen-bond donors (Lipinski definition) is 0. The lowest BCUT2D eigenvalue weighted by molar-refractivity contribution is -0.122. The third-order valence-electron chi connectivity index (χ3n) is 4.98. The Morgan fingerprint density at radius 2 is 1.71 bits per heavy atom. The number of aliphatic imine (C=N–C) groups is 1. The van der Waals surface area contributed by atoms with Crippen molar-refractivity contribution in [2.24, 2.45) is 10.9 Å². The van der Waals surface area contributed by atoms with Gasteiger partial charge in [-0.3, -0.25) is 9.69 Å². The van der Waals surface area contributed by atoms with Gasteiger partial charge < -0.3 is 4.74 Å². The number of halogens is 2. The Bertz CT molecular complexity index is 1210. The molecule has 1 fully saturated rings. The number of ether oxygens (including phenoxy) is 1. The summed E-state index contributed by atoms with van der Waals surface area (Å²) in [6.45, 7) is 5.31. The molecule has 0 bridgehead atoms. The van der Waals surface area contributed by atoms with Crippen LogP contribution in [0.15, 0.2) is 82.7 Å². The average molecular weight is 603 g/mol. The van der Waals surface area contributed by atoms with Gasteiger partial charge in [0.2, 0.25) is 0 Å². The zero-order valence-electron chi connectivity index (χ0n) is 18.9. The molecule has 0 aliphatic carbocycles. The molecule has 0 atom stereocenters. The number of nitrogens with zero attached hydrogens (tertiary/aromatic N) is 2. The van der Waals surface area contributed by atoms with Crippen LogP contribution in [-0.4, -0.2) is 22.5 Å². The Labute approximate surface area is 223 Å². The fourth-order valence-electron chi connectivity index (χ4n) is 3.30. The van der Waals surface area contributed by atoms with E-state index in [2.05, 4.69) is 60.7 Å². The highest BCUT2D eigenvalue weighted by atomic mass is 127. The summed E-state index contributed by atoms with van der Waals surface area (Å²) in [5.74, 6) is 1.09. The van der Waals surface area contributed by atoms with Gasteiger partial charge in [0.05, 0.1) is 10.6 Å². The fraction of sp³-hybridized carbons (Fsp3) is 0.185. The third-order valence-corrected chi connectivity index (χ3v) is 6.96. The van der Waals surface area contributed by atoms with Gasteiger partial charge in [0, 0.05) is 15.1 Å². The standard InChI is InChI=1S/C27H24ClIN2O2S/c1-18(2)16-31-26(32)25(34-27(31)30-23-11-7-21(28)8-12-23)15-19-5-13-24(14-6-19)33-17-20-3-9-22(29)10-4-20/h3-15,18H,16-17H2,1-2H3/b25-15-,30-27?. The molecular weight excluding hydrogens is 579 g/mol. The predicted octanol–water partition coefficient (Wildman–Crippen LogP) is 7.78. The van der Waals surface area contributed by atoms with Crippen LogP contribution in [0.4, 0.5) is 5.69 Å². The molecule has 3 aromatic rings. The Balaban J connectivity index is 1.49. The van der Waals surface area contributed by atoms with E-state index < -0.39 is 0 Å². The summed E-state index contributed by atoms with van der Waals surface area (Å²) in [6, 6.07) is 23.4. The Morgan fingerprint density at radius 3 is 2.35 bits per heavy atom. The van der Waals surface area contributed by atoms with Gasteiger partial charge in [0.15, 0.2) is 5.17 Å². The zero-order valence-corrected chi connectivity index (χ0v) is 22.6. The number of thioether (sulfide) groups is 1. The van der Waals surface area contributed by atoms with Crippen molar-refractivity contribution in [3.05, 3.63) is 97.4 Å². The van der Waals surface area contributed by atoms with Gasteiger partial charge >= 0.3 is 0 Å². The van der Waals surface area contributed by atoms with Crippen LogP contribution in [-0.2, 0) is 11.4 Å². The van der Waals surface area contributed by atoms with Crippen molar-refractivity contribution in [1.29, 1.82) is 0 Å². The molecule has 4 rings (SSSR count). The zero-order chi connectivity index (χ0) is 24.1. The summed E-state index contributed by atoms with van der Waals surface area (Å²) in [5, 5.41) is 1.34. The Kier molecular flexibility index (Phi) is 8.34. The van der Waals surface area contributed by atoms with Gasteiger partial charge in [-0.25, -0.2) is 4.99 Å². The molecule has 0 unspecified atom stereocenters. The quantitative estimate of drug-likeness (QED) is 0.205. The maximum atomic E-state index is 13.2. The van der Waals surface area contributed by atoms with Crippen molar-refractivity contribution in [1.82, 2.24) is 4.90 Å². The highest BCUT2D eigenvalue weighted by Gasteiger charge is 2.33. The molecule has 1 heterocycles. The summed E-state index contributed by atoms with van der Waals surface area (Å²) in [6.07, 6.45) is 1.91. The molecule has 0 N–H and O–H groups in total. The number of rotatable bonds is 7. The minimum atomic E-state index is -0.0227. The maximum Gasteiger partial charge on any atom is 0.266 e. The summed E-state index contributed by atoms with van der Waals surface area (Å²) >= 11 is 9.68. The van der Waals surface area contributed by atoms with Crippen LogP contribution in [0.2, 0.25) is 5.02 Å². The van der Waals surface area contributed by atoms with Crippen molar-refractivity contribution in [2.75, 3.05) is 6.54 Å². The van der Waals surface area contributed by atoms with Crippen molar-refractivity contribution in [3.8, 4) is 5.75 Å². The minimum Gasteiger partial charge on any atom is -0.489 e. The molecule has 0 radical (unpaired) electrons. The first-order valence-corrected chi connectivity index (χ1v) is 13.2. The van der Waals surface area contributed by atoms with Crippen LogP contribution in [0.5, 0.6) is 5.75 Å². The van der Waals surface area contributed by atoms with E-state index in [0.29, 0.717) is 34.2 Å². The van der Waals surface area contributed by atoms with Crippen molar-refractivity contribution in [3.63, 3.8) is 0 Å². The van der Waals surface area contributed by atoms with Crippen LogP contribution in [0.3, 0.4) is 0 Å².